The number of carbonyl (C=O) groups is 2. The largest absolute Gasteiger partial charge is 0.503 e. The normalized spacial score (nSPS) is 8.12. The molecule has 10 nitrogen and oxygen atoms in total. The number of rotatable bonds is 6. The quantitative estimate of drug-likeness (QED) is 0.259. The fourth-order valence-electron chi connectivity index (χ4n) is 0.341. The summed E-state index contributed by atoms with van der Waals surface area (Å²) in [5, 5.41) is 35.7. The molecule has 0 radical (unpaired) electrons. The lowest BCUT2D eigenvalue weighted by Crippen LogP contribution is -2.06. The average Bonchev–Trinajstić information content (AvgIpc) is 2.16. The molecule has 0 aromatic heterocycles. The summed E-state index contributed by atoms with van der Waals surface area (Å²) in [6.07, 6.45) is -3.67. The van der Waals surface area contributed by atoms with Crippen molar-refractivity contribution < 1.29 is 49.6 Å². The molecule has 10 heteroatoms. The Labute approximate surface area is 96.5 Å². The van der Waals surface area contributed by atoms with Gasteiger partial charge in [-0.25, -0.2) is 14.5 Å². The third kappa shape index (κ3) is 115. The van der Waals surface area contributed by atoms with Crippen LogP contribution in [0.1, 0.15) is 0 Å². The summed E-state index contributed by atoms with van der Waals surface area (Å²) in [5.41, 5.74) is 0. The van der Waals surface area contributed by atoms with Gasteiger partial charge in [-0.05, 0) is 0 Å². The van der Waals surface area contributed by atoms with Crippen LogP contribution in [0.3, 0.4) is 0 Å². The fourth-order valence-corrected chi connectivity index (χ4v) is 0.341. The summed E-state index contributed by atoms with van der Waals surface area (Å²) in [6.45, 7) is 1.73. The maximum atomic E-state index is 8.56. The van der Waals surface area contributed by atoms with Gasteiger partial charge in [0, 0.05) is 7.11 Å². The van der Waals surface area contributed by atoms with E-state index in [2.05, 4.69) is 4.89 Å². The highest BCUT2D eigenvalue weighted by Crippen LogP contribution is 1.75. The van der Waals surface area contributed by atoms with Crippen molar-refractivity contribution in [2.75, 3.05) is 33.5 Å². The summed E-state index contributed by atoms with van der Waals surface area (Å²) >= 11 is 0. The molecule has 0 saturated heterocycles. The van der Waals surface area contributed by atoms with E-state index in [0.29, 0.717) is 19.8 Å². The van der Waals surface area contributed by atoms with Crippen LogP contribution < -0.4 is 0 Å². The summed E-state index contributed by atoms with van der Waals surface area (Å²) in [4.78, 5) is 20.9. The van der Waals surface area contributed by atoms with Crippen molar-refractivity contribution in [3.8, 4) is 0 Å². The van der Waals surface area contributed by atoms with Gasteiger partial charge < -0.3 is 29.9 Å². The van der Waals surface area contributed by atoms with E-state index in [9.17, 15) is 0 Å². The van der Waals surface area contributed by atoms with E-state index >= 15 is 0 Å². The molecular formula is C7H16O10. The first kappa shape index (κ1) is 20.8. The molecule has 104 valence electrons. The number of hydrogen-bond acceptors (Lipinski definition) is 6. The van der Waals surface area contributed by atoms with E-state index in [1.807, 2.05) is 0 Å². The SMILES string of the molecule is COCCOCCOO.O=C(O)O.O=C(O)O. The minimum atomic E-state index is -1.83. The zero-order chi connectivity index (χ0) is 14.1. The Morgan fingerprint density at radius 1 is 0.882 bits per heavy atom. The Kier molecular flexibility index (Phi) is 24.3. The second kappa shape index (κ2) is 19.9. The smallest absolute Gasteiger partial charge is 0.450 e. The first-order chi connectivity index (χ1) is 7.88. The molecule has 0 atom stereocenters. The van der Waals surface area contributed by atoms with Gasteiger partial charge in [0.25, 0.3) is 0 Å². The lowest BCUT2D eigenvalue weighted by atomic mass is 10.7. The predicted octanol–water partition coefficient (Wildman–Crippen LogP) is 0.584. The highest BCUT2D eigenvalue weighted by Gasteiger charge is 1.85. The van der Waals surface area contributed by atoms with Crippen molar-refractivity contribution in [1.29, 1.82) is 0 Å². The van der Waals surface area contributed by atoms with Crippen molar-refractivity contribution in [1.82, 2.24) is 0 Å². The van der Waals surface area contributed by atoms with Crippen LogP contribution in [0, 0.1) is 0 Å². The van der Waals surface area contributed by atoms with Gasteiger partial charge in [-0.15, -0.1) is 0 Å². The Hall–Kier alpha value is -1.62. The maximum Gasteiger partial charge on any atom is 0.503 e. The molecule has 17 heavy (non-hydrogen) atoms. The standard InChI is InChI=1S/C5H12O4.2CH2O3/c1-7-2-3-8-4-5-9-6;2*2-1(3)4/h6H,2-5H2,1H3;2*(H2,2,3,4). The molecule has 0 amide bonds. The summed E-state index contributed by atoms with van der Waals surface area (Å²) in [5.74, 6) is 0. The molecular weight excluding hydrogens is 244 g/mol. The van der Waals surface area contributed by atoms with E-state index in [1.54, 1.807) is 7.11 Å². The van der Waals surface area contributed by atoms with Gasteiger partial charge in [0.2, 0.25) is 0 Å². The van der Waals surface area contributed by atoms with E-state index in [-0.39, 0.29) is 6.61 Å². The third-order valence-electron chi connectivity index (χ3n) is 0.751. The minimum absolute atomic E-state index is 0.212. The molecule has 0 heterocycles. The van der Waals surface area contributed by atoms with Gasteiger partial charge >= 0.3 is 12.3 Å². The van der Waals surface area contributed by atoms with E-state index in [0.717, 1.165) is 0 Å². The van der Waals surface area contributed by atoms with Crippen LogP contribution in [-0.2, 0) is 14.4 Å². The molecule has 0 aromatic rings. The van der Waals surface area contributed by atoms with Crippen LogP contribution in [0.5, 0.6) is 0 Å². The summed E-state index contributed by atoms with van der Waals surface area (Å²) in [7, 11) is 1.60. The molecule has 0 rings (SSSR count). The second-order valence-corrected chi connectivity index (χ2v) is 2.00. The Balaban J connectivity index is -0.000000205. The first-order valence-electron chi connectivity index (χ1n) is 4.05. The van der Waals surface area contributed by atoms with Crippen LogP contribution in [0.15, 0.2) is 0 Å². The molecule has 0 aliphatic carbocycles. The minimum Gasteiger partial charge on any atom is -0.450 e. The third-order valence-corrected chi connectivity index (χ3v) is 0.751. The summed E-state index contributed by atoms with van der Waals surface area (Å²) < 4.78 is 9.60. The van der Waals surface area contributed by atoms with Crippen molar-refractivity contribution in [3.63, 3.8) is 0 Å². The van der Waals surface area contributed by atoms with E-state index in [1.165, 1.54) is 0 Å². The molecule has 0 spiro atoms. The van der Waals surface area contributed by atoms with Crippen molar-refractivity contribution in [2.45, 2.75) is 0 Å². The molecule has 0 bridgehead atoms. The van der Waals surface area contributed by atoms with Crippen LogP contribution in [0.4, 0.5) is 9.59 Å². The van der Waals surface area contributed by atoms with Crippen molar-refractivity contribution in [2.24, 2.45) is 0 Å². The summed E-state index contributed by atoms with van der Waals surface area (Å²) in [6, 6.07) is 0. The lowest BCUT2D eigenvalue weighted by Gasteiger charge is -1.99. The molecule has 0 aliphatic heterocycles. The molecule has 0 aliphatic rings. The molecule has 5 N–H and O–H groups in total. The molecule has 0 aromatic carbocycles. The fraction of sp³-hybridized carbons (Fsp3) is 0.714. The predicted molar refractivity (Wildman–Crippen MR) is 52.6 cm³/mol. The number of hydrogen-bond donors (Lipinski definition) is 5. The monoisotopic (exact) mass is 260 g/mol. The topological polar surface area (TPSA) is 163 Å². The van der Waals surface area contributed by atoms with Crippen molar-refractivity contribution >= 4 is 12.3 Å². The maximum absolute atomic E-state index is 8.56. The van der Waals surface area contributed by atoms with Gasteiger partial charge in [0.05, 0.1) is 19.8 Å². The molecule has 0 unspecified atom stereocenters. The number of carboxylic acid groups (broad SMARTS) is 4. The lowest BCUT2D eigenvalue weighted by molar-refractivity contribution is -0.249. The highest BCUT2D eigenvalue weighted by molar-refractivity contribution is 5.53. The molecule has 0 saturated carbocycles. The first-order valence-corrected chi connectivity index (χ1v) is 4.05. The Morgan fingerprint density at radius 2 is 1.24 bits per heavy atom. The van der Waals surface area contributed by atoms with Crippen LogP contribution in [0.25, 0.3) is 0 Å². The second-order valence-electron chi connectivity index (χ2n) is 2.00. The van der Waals surface area contributed by atoms with E-state index in [4.69, 9.17) is 44.7 Å². The Morgan fingerprint density at radius 3 is 1.53 bits per heavy atom. The van der Waals surface area contributed by atoms with Crippen molar-refractivity contribution in [3.05, 3.63) is 0 Å². The number of methoxy groups -OCH3 is 1. The van der Waals surface area contributed by atoms with Crippen LogP contribution >= 0.6 is 0 Å². The zero-order valence-corrected chi connectivity index (χ0v) is 9.11. The van der Waals surface area contributed by atoms with Crippen LogP contribution in [0.2, 0.25) is 0 Å². The van der Waals surface area contributed by atoms with Gasteiger partial charge in [-0.2, -0.15) is 0 Å². The Bertz CT molecular complexity index is 144. The van der Waals surface area contributed by atoms with Gasteiger partial charge in [0.15, 0.2) is 0 Å². The highest BCUT2D eigenvalue weighted by atomic mass is 17.1. The van der Waals surface area contributed by atoms with E-state index < -0.39 is 12.3 Å². The number of ether oxygens (including phenoxy) is 2. The van der Waals surface area contributed by atoms with Crippen LogP contribution in [-0.4, -0.2) is 71.5 Å². The zero-order valence-electron chi connectivity index (χ0n) is 9.11. The van der Waals surface area contributed by atoms with Gasteiger partial charge in [-0.1, -0.05) is 0 Å². The molecule has 0 fully saturated rings. The van der Waals surface area contributed by atoms with Gasteiger partial charge in [0.1, 0.15) is 6.61 Å². The van der Waals surface area contributed by atoms with Gasteiger partial charge in [-0.3, -0.25) is 5.26 Å². The average molecular weight is 260 g/mol.